The first kappa shape index (κ1) is 18.9. The summed E-state index contributed by atoms with van der Waals surface area (Å²) in [6.45, 7) is 4.59. The Morgan fingerprint density at radius 2 is 1.97 bits per heavy atom. The van der Waals surface area contributed by atoms with E-state index in [0.717, 1.165) is 11.0 Å². The molecule has 4 rings (SSSR count). The SMILES string of the molecule is Cc1cc2ncn(CC(O)CNC(=O)c3ccccc3-n3cccn3)c2cc1C. The summed E-state index contributed by atoms with van der Waals surface area (Å²) in [7, 11) is 0. The third kappa shape index (κ3) is 3.90. The molecule has 0 aliphatic rings. The molecule has 1 atom stereocenters. The van der Waals surface area contributed by atoms with Gasteiger partial charge in [0.2, 0.25) is 0 Å². The summed E-state index contributed by atoms with van der Waals surface area (Å²) in [5, 5.41) is 17.5. The van der Waals surface area contributed by atoms with Crippen molar-refractivity contribution < 1.29 is 9.90 Å². The molecule has 0 spiro atoms. The molecule has 7 nitrogen and oxygen atoms in total. The summed E-state index contributed by atoms with van der Waals surface area (Å²) in [4.78, 5) is 17.1. The minimum atomic E-state index is -0.741. The van der Waals surface area contributed by atoms with Crippen LogP contribution in [0.1, 0.15) is 21.5 Å². The van der Waals surface area contributed by atoms with E-state index in [0.29, 0.717) is 17.8 Å². The van der Waals surface area contributed by atoms with E-state index in [2.05, 4.69) is 35.3 Å². The van der Waals surface area contributed by atoms with Gasteiger partial charge in [-0.15, -0.1) is 0 Å². The first-order valence-corrected chi connectivity index (χ1v) is 9.50. The maximum Gasteiger partial charge on any atom is 0.253 e. The predicted molar refractivity (Wildman–Crippen MR) is 111 cm³/mol. The quantitative estimate of drug-likeness (QED) is 0.531. The number of carbonyl (C=O) groups is 1. The average Bonchev–Trinajstić information content (AvgIpc) is 3.38. The molecule has 29 heavy (non-hydrogen) atoms. The van der Waals surface area contributed by atoms with Gasteiger partial charge in [0.25, 0.3) is 5.91 Å². The van der Waals surface area contributed by atoms with Gasteiger partial charge in [0.1, 0.15) is 0 Å². The number of fused-ring (bicyclic) bond motifs is 1. The van der Waals surface area contributed by atoms with Gasteiger partial charge in [-0.2, -0.15) is 5.10 Å². The van der Waals surface area contributed by atoms with Crippen LogP contribution in [0.2, 0.25) is 0 Å². The van der Waals surface area contributed by atoms with Crippen molar-refractivity contribution in [3.05, 3.63) is 77.9 Å². The fourth-order valence-electron chi connectivity index (χ4n) is 3.33. The maximum absolute atomic E-state index is 12.7. The van der Waals surface area contributed by atoms with Gasteiger partial charge in [0.05, 0.1) is 41.3 Å². The highest BCUT2D eigenvalue weighted by Gasteiger charge is 2.15. The van der Waals surface area contributed by atoms with Crippen LogP contribution in [0.15, 0.2) is 61.2 Å². The molecule has 2 aromatic heterocycles. The first-order valence-electron chi connectivity index (χ1n) is 9.50. The minimum absolute atomic E-state index is 0.136. The zero-order valence-electron chi connectivity index (χ0n) is 16.4. The highest BCUT2D eigenvalue weighted by molar-refractivity contribution is 5.97. The Morgan fingerprint density at radius 3 is 2.76 bits per heavy atom. The van der Waals surface area contributed by atoms with Crippen LogP contribution in [0, 0.1) is 13.8 Å². The van der Waals surface area contributed by atoms with Crippen molar-refractivity contribution in [1.82, 2.24) is 24.6 Å². The van der Waals surface area contributed by atoms with Gasteiger partial charge in [0, 0.05) is 18.9 Å². The van der Waals surface area contributed by atoms with E-state index in [4.69, 9.17) is 0 Å². The lowest BCUT2D eigenvalue weighted by Crippen LogP contribution is -2.34. The second kappa shape index (κ2) is 7.89. The number of benzene rings is 2. The Hall–Kier alpha value is -3.45. The molecule has 0 aliphatic heterocycles. The van der Waals surface area contributed by atoms with Crippen molar-refractivity contribution in [2.24, 2.45) is 0 Å². The van der Waals surface area contributed by atoms with Crippen LogP contribution in [0.4, 0.5) is 0 Å². The topological polar surface area (TPSA) is 85.0 Å². The molecular weight excluding hydrogens is 366 g/mol. The smallest absolute Gasteiger partial charge is 0.253 e. The number of imidazole rings is 1. The number of para-hydroxylation sites is 1. The van der Waals surface area contributed by atoms with E-state index in [9.17, 15) is 9.90 Å². The molecule has 0 bridgehead atoms. The number of nitrogens with one attached hydrogen (secondary N) is 1. The summed E-state index contributed by atoms with van der Waals surface area (Å²) in [5.74, 6) is -0.253. The number of amides is 1. The highest BCUT2D eigenvalue weighted by Crippen LogP contribution is 2.19. The van der Waals surface area contributed by atoms with E-state index in [-0.39, 0.29) is 12.5 Å². The average molecular weight is 389 g/mol. The predicted octanol–water partition coefficient (Wildman–Crippen LogP) is 2.63. The van der Waals surface area contributed by atoms with Gasteiger partial charge in [-0.25, -0.2) is 9.67 Å². The van der Waals surface area contributed by atoms with Crippen molar-refractivity contribution in [2.45, 2.75) is 26.5 Å². The molecule has 1 amide bonds. The highest BCUT2D eigenvalue weighted by atomic mass is 16.3. The van der Waals surface area contributed by atoms with Crippen LogP contribution >= 0.6 is 0 Å². The van der Waals surface area contributed by atoms with Crippen LogP contribution < -0.4 is 5.32 Å². The van der Waals surface area contributed by atoms with E-state index in [1.807, 2.05) is 22.8 Å². The van der Waals surface area contributed by atoms with Gasteiger partial charge >= 0.3 is 0 Å². The monoisotopic (exact) mass is 389 g/mol. The van der Waals surface area contributed by atoms with Crippen LogP contribution in [0.3, 0.4) is 0 Å². The number of rotatable bonds is 6. The van der Waals surface area contributed by atoms with Crippen molar-refractivity contribution in [3.8, 4) is 5.69 Å². The molecule has 2 N–H and O–H groups in total. The molecule has 2 aromatic carbocycles. The third-order valence-electron chi connectivity index (χ3n) is 5.04. The lowest BCUT2D eigenvalue weighted by atomic mass is 10.1. The molecule has 2 heterocycles. The van der Waals surface area contributed by atoms with Gasteiger partial charge in [0.15, 0.2) is 0 Å². The molecule has 0 fully saturated rings. The Kier molecular flexibility index (Phi) is 5.14. The molecule has 4 aromatic rings. The standard InChI is InChI=1S/C22H23N5O2/c1-15-10-19-21(11-16(15)2)26(14-24-19)13-17(28)12-23-22(29)18-6-3-4-7-20(18)27-9-5-8-25-27/h3-11,14,17,28H,12-13H2,1-2H3,(H,23,29). The molecule has 148 valence electrons. The molecule has 0 saturated heterocycles. The lowest BCUT2D eigenvalue weighted by molar-refractivity contribution is 0.0905. The van der Waals surface area contributed by atoms with E-state index in [1.165, 1.54) is 11.1 Å². The first-order chi connectivity index (χ1) is 14.0. The maximum atomic E-state index is 12.7. The number of aryl methyl sites for hydroxylation is 2. The number of aliphatic hydroxyl groups excluding tert-OH is 1. The number of hydrogen-bond donors (Lipinski definition) is 2. The molecule has 7 heteroatoms. The number of hydrogen-bond acceptors (Lipinski definition) is 4. The number of carbonyl (C=O) groups excluding carboxylic acids is 1. The summed E-state index contributed by atoms with van der Waals surface area (Å²) in [6.07, 6.45) is 4.43. The van der Waals surface area contributed by atoms with Gasteiger partial charge in [-0.05, 0) is 55.3 Å². The van der Waals surface area contributed by atoms with Gasteiger partial charge in [-0.1, -0.05) is 12.1 Å². The second-order valence-electron chi connectivity index (χ2n) is 7.15. The lowest BCUT2D eigenvalue weighted by Gasteiger charge is -2.15. The zero-order chi connectivity index (χ0) is 20.4. The molecule has 0 radical (unpaired) electrons. The number of aromatic nitrogens is 4. The summed E-state index contributed by atoms with van der Waals surface area (Å²) < 4.78 is 3.56. The molecule has 0 saturated carbocycles. The molecular formula is C22H23N5O2. The van der Waals surface area contributed by atoms with E-state index >= 15 is 0 Å². The number of nitrogens with zero attached hydrogens (tertiary/aromatic N) is 4. The van der Waals surface area contributed by atoms with Crippen molar-refractivity contribution in [3.63, 3.8) is 0 Å². The van der Waals surface area contributed by atoms with Crippen LogP contribution in [0.25, 0.3) is 16.7 Å². The fraction of sp³-hybridized carbons (Fsp3) is 0.227. The largest absolute Gasteiger partial charge is 0.389 e. The minimum Gasteiger partial charge on any atom is -0.389 e. The van der Waals surface area contributed by atoms with Crippen LogP contribution in [-0.2, 0) is 6.54 Å². The Bertz CT molecular complexity index is 1150. The normalized spacial score (nSPS) is 12.2. The van der Waals surface area contributed by atoms with Crippen LogP contribution in [0.5, 0.6) is 0 Å². The van der Waals surface area contributed by atoms with Crippen molar-refractivity contribution in [1.29, 1.82) is 0 Å². The molecule has 0 aliphatic carbocycles. The summed E-state index contributed by atoms with van der Waals surface area (Å²) in [5.41, 5.74) is 5.43. The Morgan fingerprint density at radius 1 is 1.17 bits per heavy atom. The summed E-state index contributed by atoms with van der Waals surface area (Å²) >= 11 is 0. The van der Waals surface area contributed by atoms with Crippen molar-refractivity contribution >= 4 is 16.9 Å². The van der Waals surface area contributed by atoms with Crippen molar-refractivity contribution in [2.75, 3.05) is 6.54 Å². The second-order valence-corrected chi connectivity index (χ2v) is 7.15. The van der Waals surface area contributed by atoms with Crippen LogP contribution in [-0.4, -0.2) is 43.0 Å². The Balaban J connectivity index is 1.44. The fourth-order valence-corrected chi connectivity index (χ4v) is 3.33. The molecule has 1 unspecified atom stereocenters. The Labute approximate surface area is 168 Å². The van der Waals surface area contributed by atoms with E-state index in [1.54, 1.807) is 41.6 Å². The van der Waals surface area contributed by atoms with E-state index < -0.39 is 6.10 Å². The third-order valence-corrected chi connectivity index (χ3v) is 5.04. The zero-order valence-corrected chi connectivity index (χ0v) is 16.4. The van der Waals surface area contributed by atoms with Gasteiger partial charge < -0.3 is 15.0 Å². The van der Waals surface area contributed by atoms with Gasteiger partial charge in [-0.3, -0.25) is 4.79 Å². The summed E-state index contributed by atoms with van der Waals surface area (Å²) in [6, 6.07) is 13.2. The number of aliphatic hydroxyl groups is 1.